The highest BCUT2D eigenvalue weighted by Crippen LogP contribution is 2.36. The second-order valence-electron chi connectivity index (χ2n) is 9.04. The van der Waals surface area contributed by atoms with Crippen LogP contribution in [-0.4, -0.2) is 26.1 Å². The standard InChI is InChI=1S/C26H38O2Si/c1-6-7-10-15-22(2)20-23(27)21-28-29(26(3,4)5,24-16-11-8-12-17-24)25-18-13-9-14-19-25/h8-9,11-14,16-19,23,27H,2,6-7,10,15,20-21H2,1,3-5H3/t23-/m1/s1. The summed E-state index contributed by atoms with van der Waals surface area (Å²) in [6.45, 7) is 13.5. The molecule has 1 atom stereocenters. The minimum Gasteiger partial charge on any atom is -0.405 e. The van der Waals surface area contributed by atoms with Crippen molar-refractivity contribution in [2.24, 2.45) is 0 Å². The van der Waals surface area contributed by atoms with E-state index in [0.29, 0.717) is 13.0 Å². The molecule has 0 aliphatic rings. The van der Waals surface area contributed by atoms with Crippen molar-refractivity contribution in [2.45, 2.75) is 70.9 Å². The molecule has 0 heterocycles. The molecule has 2 rings (SSSR count). The fourth-order valence-electron chi connectivity index (χ4n) is 4.10. The number of benzene rings is 2. The number of unbranched alkanes of at least 4 members (excludes halogenated alkanes) is 2. The first-order chi connectivity index (χ1) is 13.8. The number of hydrogen-bond donors (Lipinski definition) is 1. The average Bonchev–Trinajstić information content (AvgIpc) is 2.69. The second-order valence-corrected chi connectivity index (χ2v) is 13.3. The summed E-state index contributed by atoms with van der Waals surface area (Å²) in [6, 6.07) is 21.2. The van der Waals surface area contributed by atoms with E-state index in [1.54, 1.807) is 0 Å². The Kier molecular flexibility index (Phi) is 8.88. The van der Waals surface area contributed by atoms with E-state index in [1.807, 2.05) is 12.1 Å². The first-order valence-electron chi connectivity index (χ1n) is 10.9. The summed E-state index contributed by atoms with van der Waals surface area (Å²) in [7, 11) is -2.58. The molecule has 0 amide bonds. The van der Waals surface area contributed by atoms with Gasteiger partial charge in [-0.3, -0.25) is 0 Å². The maximum Gasteiger partial charge on any atom is 0.261 e. The van der Waals surface area contributed by atoms with Crippen molar-refractivity contribution < 1.29 is 9.53 Å². The molecule has 29 heavy (non-hydrogen) atoms. The fourth-order valence-corrected chi connectivity index (χ4v) is 8.70. The van der Waals surface area contributed by atoms with Crippen LogP contribution in [0.3, 0.4) is 0 Å². The van der Waals surface area contributed by atoms with Crippen LogP contribution in [0.15, 0.2) is 72.8 Å². The molecule has 0 aliphatic heterocycles. The molecular formula is C26H38O2Si. The summed E-state index contributed by atoms with van der Waals surface area (Å²) >= 11 is 0. The molecule has 0 aromatic heterocycles. The lowest BCUT2D eigenvalue weighted by Gasteiger charge is -2.43. The van der Waals surface area contributed by atoms with Crippen molar-refractivity contribution >= 4 is 18.7 Å². The van der Waals surface area contributed by atoms with Gasteiger partial charge in [-0.25, -0.2) is 0 Å². The van der Waals surface area contributed by atoms with E-state index >= 15 is 0 Å². The molecule has 0 saturated carbocycles. The summed E-state index contributed by atoms with van der Waals surface area (Å²) in [4.78, 5) is 0. The summed E-state index contributed by atoms with van der Waals surface area (Å²) < 4.78 is 6.80. The van der Waals surface area contributed by atoms with Gasteiger partial charge in [0, 0.05) is 0 Å². The topological polar surface area (TPSA) is 29.5 Å². The third-order valence-electron chi connectivity index (χ3n) is 5.57. The third-order valence-corrected chi connectivity index (χ3v) is 10.6. The summed E-state index contributed by atoms with van der Waals surface area (Å²) in [5.41, 5.74) is 1.12. The highest BCUT2D eigenvalue weighted by Gasteiger charge is 2.50. The van der Waals surface area contributed by atoms with Gasteiger partial charge in [0.1, 0.15) is 0 Å². The maximum atomic E-state index is 10.7. The van der Waals surface area contributed by atoms with E-state index in [2.05, 4.69) is 82.8 Å². The number of aliphatic hydroxyl groups excluding tert-OH is 1. The van der Waals surface area contributed by atoms with Crippen LogP contribution in [0.25, 0.3) is 0 Å². The summed E-state index contributed by atoms with van der Waals surface area (Å²) in [5.74, 6) is 0. The Balaban J connectivity index is 2.26. The molecule has 2 aromatic rings. The quantitative estimate of drug-likeness (QED) is 0.303. The van der Waals surface area contributed by atoms with Gasteiger partial charge in [0.05, 0.1) is 12.7 Å². The van der Waals surface area contributed by atoms with E-state index in [1.165, 1.54) is 23.2 Å². The predicted octanol–water partition coefficient (Wildman–Crippen LogP) is 5.45. The predicted molar refractivity (Wildman–Crippen MR) is 127 cm³/mol. The van der Waals surface area contributed by atoms with Crippen LogP contribution < -0.4 is 10.4 Å². The highest BCUT2D eigenvalue weighted by atomic mass is 28.4. The van der Waals surface area contributed by atoms with E-state index in [4.69, 9.17) is 4.43 Å². The molecule has 0 radical (unpaired) electrons. The van der Waals surface area contributed by atoms with Gasteiger partial charge in [0.15, 0.2) is 0 Å². The Hall–Kier alpha value is -1.68. The molecule has 2 nitrogen and oxygen atoms in total. The Labute approximate surface area is 178 Å². The normalized spacial score (nSPS) is 13.3. The Bertz CT molecular complexity index is 695. The molecule has 0 saturated heterocycles. The molecule has 0 spiro atoms. The van der Waals surface area contributed by atoms with Gasteiger partial charge < -0.3 is 9.53 Å². The van der Waals surface area contributed by atoms with Gasteiger partial charge in [-0.05, 0) is 34.7 Å². The van der Waals surface area contributed by atoms with E-state index in [0.717, 1.165) is 18.4 Å². The third kappa shape index (κ3) is 6.15. The molecule has 0 fully saturated rings. The Morgan fingerprint density at radius 3 is 1.93 bits per heavy atom. The van der Waals surface area contributed by atoms with Crippen molar-refractivity contribution in [1.29, 1.82) is 0 Å². The summed E-state index contributed by atoms with van der Waals surface area (Å²) in [6.07, 6.45) is 4.65. The Morgan fingerprint density at radius 1 is 0.966 bits per heavy atom. The zero-order valence-electron chi connectivity index (χ0n) is 18.7. The lowest BCUT2D eigenvalue weighted by Crippen LogP contribution is -2.67. The first kappa shape index (κ1) is 23.6. The van der Waals surface area contributed by atoms with Gasteiger partial charge in [-0.15, -0.1) is 0 Å². The minimum atomic E-state index is -2.58. The monoisotopic (exact) mass is 410 g/mol. The lowest BCUT2D eigenvalue weighted by molar-refractivity contribution is 0.102. The van der Waals surface area contributed by atoms with Crippen LogP contribution in [0.1, 0.15) is 59.8 Å². The van der Waals surface area contributed by atoms with Crippen molar-refractivity contribution in [1.82, 2.24) is 0 Å². The highest BCUT2D eigenvalue weighted by molar-refractivity contribution is 6.99. The van der Waals surface area contributed by atoms with Crippen molar-refractivity contribution in [2.75, 3.05) is 6.61 Å². The summed E-state index contributed by atoms with van der Waals surface area (Å²) in [5, 5.41) is 13.1. The van der Waals surface area contributed by atoms with E-state index < -0.39 is 14.4 Å². The van der Waals surface area contributed by atoms with Crippen LogP contribution in [-0.2, 0) is 4.43 Å². The van der Waals surface area contributed by atoms with E-state index in [9.17, 15) is 5.11 Å². The van der Waals surface area contributed by atoms with Crippen molar-refractivity contribution in [3.63, 3.8) is 0 Å². The second kappa shape index (κ2) is 10.9. The molecular weight excluding hydrogens is 372 g/mol. The van der Waals surface area contributed by atoms with Gasteiger partial charge in [-0.1, -0.05) is 113 Å². The zero-order chi connectivity index (χ0) is 21.3. The van der Waals surface area contributed by atoms with Gasteiger partial charge >= 0.3 is 0 Å². The molecule has 3 heteroatoms. The smallest absolute Gasteiger partial charge is 0.261 e. The molecule has 0 unspecified atom stereocenters. The van der Waals surface area contributed by atoms with Gasteiger partial charge in [0.25, 0.3) is 8.32 Å². The Morgan fingerprint density at radius 2 is 1.48 bits per heavy atom. The van der Waals surface area contributed by atoms with Gasteiger partial charge in [-0.2, -0.15) is 0 Å². The van der Waals surface area contributed by atoms with Crippen LogP contribution in [0.2, 0.25) is 5.04 Å². The SMILES string of the molecule is C=C(CCCCC)C[C@@H](O)CO[Si](c1ccccc1)(c1ccccc1)C(C)(C)C. The number of aliphatic hydroxyl groups is 1. The molecule has 158 valence electrons. The van der Waals surface area contributed by atoms with Crippen LogP contribution in [0.4, 0.5) is 0 Å². The van der Waals surface area contributed by atoms with Gasteiger partial charge in [0.2, 0.25) is 0 Å². The maximum absolute atomic E-state index is 10.7. The van der Waals surface area contributed by atoms with Crippen LogP contribution in [0.5, 0.6) is 0 Å². The lowest BCUT2D eigenvalue weighted by atomic mass is 10.0. The molecule has 0 bridgehead atoms. The molecule has 2 aromatic carbocycles. The van der Waals surface area contributed by atoms with Crippen LogP contribution >= 0.6 is 0 Å². The zero-order valence-corrected chi connectivity index (χ0v) is 19.7. The first-order valence-corrected chi connectivity index (χ1v) is 12.8. The van der Waals surface area contributed by atoms with Crippen molar-refractivity contribution in [3.8, 4) is 0 Å². The molecule has 1 N–H and O–H groups in total. The molecule has 0 aliphatic carbocycles. The number of hydrogen-bond acceptors (Lipinski definition) is 2. The minimum absolute atomic E-state index is 0.0758. The van der Waals surface area contributed by atoms with Crippen LogP contribution in [0, 0.1) is 0 Å². The number of rotatable bonds is 11. The van der Waals surface area contributed by atoms with E-state index in [-0.39, 0.29) is 5.04 Å². The van der Waals surface area contributed by atoms with Crippen molar-refractivity contribution in [3.05, 3.63) is 72.8 Å². The fraction of sp³-hybridized carbons (Fsp3) is 0.462. The average molecular weight is 411 g/mol. The largest absolute Gasteiger partial charge is 0.405 e.